The van der Waals surface area contributed by atoms with Crippen molar-refractivity contribution in [3.8, 4) is 0 Å². The third-order valence-corrected chi connectivity index (χ3v) is 7.19. The molecular weight excluding hydrogens is 508 g/mol. The minimum Gasteiger partial charge on any atom is -0.478 e. The summed E-state index contributed by atoms with van der Waals surface area (Å²) in [6.07, 6.45) is 17.1. The molecule has 0 aromatic rings. The Hall–Kier alpha value is -3.03. The first-order valence-electron chi connectivity index (χ1n) is 14.1. The zero-order chi connectivity index (χ0) is 30.4. The van der Waals surface area contributed by atoms with E-state index < -0.39 is 23.9 Å². The van der Waals surface area contributed by atoms with E-state index in [0.717, 1.165) is 30.1 Å². The van der Waals surface area contributed by atoms with Crippen molar-refractivity contribution in [3.05, 3.63) is 71.4 Å². The van der Waals surface area contributed by atoms with Crippen LogP contribution < -0.4 is 0 Å². The summed E-state index contributed by atoms with van der Waals surface area (Å²) in [5.41, 5.74) is 2.62. The maximum Gasteiger partial charge on any atom is 0.331 e. The van der Waals surface area contributed by atoms with Crippen LogP contribution in [0.2, 0.25) is 0 Å². The number of ketones is 1. The fourth-order valence-corrected chi connectivity index (χ4v) is 4.74. The van der Waals surface area contributed by atoms with Gasteiger partial charge in [0.2, 0.25) is 0 Å². The van der Waals surface area contributed by atoms with Crippen LogP contribution >= 0.6 is 0 Å². The molecule has 0 aromatic heterocycles. The molecule has 0 aromatic carbocycles. The van der Waals surface area contributed by atoms with Gasteiger partial charge in [-0.3, -0.25) is 4.79 Å². The van der Waals surface area contributed by atoms with Crippen molar-refractivity contribution in [1.29, 1.82) is 0 Å². The largest absolute Gasteiger partial charge is 0.478 e. The number of esters is 1. The average molecular weight is 557 g/mol. The fourth-order valence-electron chi connectivity index (χ4n) is 4.74. The second-order valence-corrected chi connectivity index (χ2v) is 11.1. The number of carboxylic acid groups (broad SMARTS) is 1. The molecule has 7 unspecified atom stereocenters. The highest BCUT2D eigenvalue weighted by Gasteiger charge is 2.30. The molecular formula is C33H48O7. The van der Waals surface area contributed by atoms with Crippen molar-refractivity contribution in [2.45, 2.75) is 79.9 Å². The van der Waals surface area contributed by atoms with Crippen LogP contribution in [0.4, 0.5) is 0 Å². The number of hydrogen-bond acceptors (Lipinski definition) is 6. The number of cyclic esters (lactones) is 1. The number of carboxylic acids is 1. The molecule has 1 aliphatic rings. The summed E-state index contributed by atoms with van der Waals surface area (Å²) in [4.78, 5) is 35.4. The highest BCUT2D eigenvalue weighted by molar-refractivity contribution is 5.85. The molecule has 0 aliphatic carbocycles. The Morgan fingerprint density at radius 1 is 1.12 bits per heavy atom. The van der Waals surface area contributed by atoms with E-state index in [1.54, 1.807) is 26.8 Å². The summed E-state index contributed by atoms with van der Waals surface area (Å²) in [5.74, 6) is -2.97. The van der Waals surface area contributed by atoms with Crippen LogP contribution in [0.5, 0.6) is 0 Å². The minimum atomic E-state index is -1.04. The van der Waals surface area contributed by atoms with Crippen LogP contribution in [0, 0.1) is 29.6 Å². The van der Waals surface area contributed by atoms with Gasteiger partial charge in [0.1, 0.15) is 11.9 Å². The SMILES string of the molecule is CCC(=C/C(C)C/C=C/C(C)=C\C(CO)C(=O)C(C)C(O)C(C)C/C(C)=C/C(=O)O)/C=C/C1OC(=O)C=CC1C. The Morgan fingerprint density at radius 3 is 2.40 bits per heavy atom. The van der Waals surface area contributed by atoms with E-state index in [1.807, 2.05) is 44.2 Å². The number of allylic oxidation sites excluding steroid dienone is 7. The number of rotatable bonds is 16. The van der Waals surface area contributed by atoms with Gasteiger partial charge in [-0.15, -0.1) is 0 Å². The highest BCUT2D eigenvalue weighted by atomic mass is 16.5. The fraction of sp³-hybridized carbons (Fsp3) is 0.545. The van der Waals surface area contributed by atoms with Crippen LogP contribution in [-0.2, 0) is 19.1 Å². The molecule has 0 radical (unpaired) electrons. The third-order valence-electron chi connectivity index (χ3n) is 7.19. The summed E-state index contributed by atoms with van der Waals surface area (Å²) in [7, 11) is 0. The molecule has 0 saturated heterocycles. The Labute approximate surface area is 239 Å². The number of aliphatic hydroxyl groups is 2. The molecule has 0 spiro atoms. The first-order valence-corrected chi connectivity index (χ1v) is 14.1. The monoisotopic (exact) mass is 556 g/mol. The topological polar surface area (TPSA) is 121 Å². The molecule has 0 bridgehead atoms. The minimum absolute atomic E-state index is 0.136. The normalized spacial score (nSPS) is 22.7. The Balaban J connectivity index is 2.76. The molecule has 7 heteroatoms. The second kappa shape index (κ2) is 17.6. The third kappa shape index (κ3) is 12.4. The number of carbonyl (C=O) groups excluding carboxylic acids is 2. The summed E-state index contributed by atoms with van der Waals surface area (Å²) in [5, 5.41) is 29.5. The second-order valence-electron chi connectivity index (χ2n) is 11.1. The lowest BCUT2D eigenvalue weighted by molar-refractivity contribution is -0.143. The molecule has 7 nitrogen and oxygen atoms in total. The van der Waals surface area contributed by atoms with Gasteiger partial charge in [0.05, 0.1) is 18.6 Å². The molecule has 1 rings (SSSR count). The van der Waals surface area contributed by atoms with E-state index in [4.69, 9.17) is 9.84 Å². The Morgan fingerprint density at radius 2 is 1.80 bits per heavy atom. The van der Waals surface area contributed by atoms with Gasteiger partial charge in [0.25, 0.3) is 0 Å². The zero-order valence-corrected chi connectivity index (χ0v) is 25.0. The van der Waals surface area contributed by atoms with E-state index >= 15 is 0 Å². The predicted octanol–water partition coefficient (Wildman–Crippen LogP) is 5.76. The average Bonchev–Trinajstić information content (AvgIpc) is 2.89. The number of ether oxygens (including phenoxy) is 1. The maximum atomic E-state index is 13.0. The predicted molar refractivity (Wildman–Crippen MR) is 158 cm³/mol. The van der Waals surface area contributed by atoms with Crippen LogP contribution in [0.15, 0.2) is 71.4 Å². The van der Waals surface area contributed by atoms with E-state index in [0.29, 0.717) is 12.0 Å². The van der Waals surface area contributed by atoms with Crippen molar-refractivity contribution in [2.24, 2.45) is 29.6 Å². The molecule has 222 valence electrons. The van der Waals surface area contributed by atoms with E-state index in [-0.39, 0.29) is 42.2 Å². The summed E-state index contributed by atoms with van der Waals surface area (Å²) in [6.45, 7) is 12.8. The summed E-state index contributed by atoms with van der Waals surface area (Å²) >= 11 is 0. The van der Waals surface area contributed by atoms with Crippen LogP contribution in [0.3, 0.4) is 0 Å². The number of hydrogen-bond donors (Lipinski definition) is 3. The molecule has 1 heterocycles. The van der Waals surface area contributed by atoms with Gasteiger partial charge in [-0.2, -0.15) is 0 Å². The molecule has 40 heavy (non-hydrogen) atoms. The Kier molecular flexibility index (Phi) is 15.4. The lowest BCUT2D eigenvalue weighted by Gasteiger charge is -2.26. The van der Waals surface area contributed by atoms with Crippen molar-refractivity contribution >= 4 is 17.7 Å². The highest BCUT2D eigenvalue weighted by Crippen LogP contribution is 2.24. The van der Waals surface area contributed by atoms with Gasteiger partial charge in [-0.25, -0.2) is 9.59 Å². The van der Waals surface area contributed by atoms with Crippen molar-refractivity contribution < 1.29 is 34.4 Å². The van der Waals surface area contributed by atoms with Crippen molar-refractivity contribution in [3.63, 3.8) is 0 Å². The maximum absolute atomic E-state index is 13.0. The Bertz CT molecular complexity index is 1040. The molecule has 7 atom stereocenters. The quantitative estimate of drug-likeness (QED) is 0.126. The van der Waals surface area contributed by atoms with Gasteiger partial charge in [-0.1, -0.05) is 87.8 Å². The lowest BCUT2D eigenvalue weighted by atomic mass is 9.82. The molecule has 0 amide bonds. The van der Waals surface area contributed by atoms with Crippen LogP contribution in [-0.4, -0.2) is 51.9 Å². The van der Waals surface area contributed by atoms with Gasteiger partial charge >= 0.3 is 11.9 Å². The molecule has 1 aliphatic heterocycles. The van der Waals surface area contributed by atoms with E-state index in [9.17, 15) is 24.6 Å². The first kappa shape index (κ1) is 35.0. The number of aliphatic hydroxyl groups excluding tert-OH is 2. The van der Waals surface area contributed by atoms with Gasteiger partial charge in [-0.05, 0) is 51.0 Å². The molecule has 0 fully saturated rings. The molecule has 0 saturated carbocycles. The van der Waals surface area contributed by atoms with Crippen LogP contribution in [0.25, 0.3) is 0 Å². The van der Waals surface area contributed by atoms with Gasteiger partial charge in [0.15, 0.2) is 0 Å². The van der Waals surface area contributed by atoms with Gasteiger partial charge < -0.3 is 20.1 Å². The standard InChI is InChI=1S/C33H48O7/c1-8-27(13-14-29-24(5)12-15-31(37)40-29)17-21(2)10-9-11-22(3)18-28(20-34)33(39)26(7)32(38)25(6)16-23(4)19-30(35)36/h9,11-15,17-19,21,24-26,28-29,32,34,38H,8,10,16,20H2,1-7H3,(H,35,36)/b11-9+,14-13+,22-18-,23-19+,27-17-. The van der Waals surface area contributed by atoms with Crippen LogP contribution in [0.1, 0.15) is 67.7 Å². The van der Waals surface area contributed by atoms with E-state index in [1.165, 1.54) is 6.08 Å². The number of Topliss-reactive ketones (excluding diaryl/α,β-unsaturated/α-hetero) is 1. The zero-order valence-electron chi connectivity index (χ0n) is 25.0. The lowest BCUT2D eigenvalue weighted by Crippen LogP contribution is -2.35. The molecule has 3 N–H and O–H groups in total. The summed E-state index contributed by atoms with van der Waals surface area (Å²) in [6, 6.07) is 0. The van der Waals surface area contributed by atoms with Crippen molar-refractivity contribution in [2.75, 3.05) is 6.61 Å². The van der Waals surface area contributed by atoms with Gasteiger partial charge in [0, 0.05) is 24.0 Å². The first-order chi connectivity index (χ1) is 18.8. The number of aliphatic carboxylic acids is 1. The van der Waals surface area contributed by atoms with Crippen molar-refractivity contribution in [1.82, 2.24) is 0 Å². The van der Waals surface area contributed by atoms with E-state index in [2.05, 4.69) is 19.9 Å². The number of carbonyl (C=O) groups is 3. The smallest absolute Gasteiger partial charge is 0.331 e. The summed E-state index contributed by atoms with van der Waals surface area (Å²) < 4.78 is 5.38.